The monoisotopic (exact) mass is 435 g/mol. The van der Waals surface area contributed by atoms with E-state index in [1.807, 2.05) is 0 Å². The molecule has 2 unspecified atom stereocenters. The van der Waals surface area contributed by atoms with Gasteiger partial charge in [-0.1, -0.05) is 35.3 Å². The van der Waals surface area contributed by atoms with E-state index in [-0.39, 0.29) is 19.1 Å². The van der Waals surface area contributed by atoms with Crippen LogP contribution in [0.5, 0.6) is 0 Å². The van der Waals surface area contributed by atoms with Crippen LogP contribution >= 0.6 is 23.2 Å². The molecule has 27 heavy (non-hydrogen) atoms. The Kier molecular flexibility index (Phi) is 6.66. The van der Waals surface area contributed by atoms with E-state index in [1.165, 1.54) is 5.06 Å². The van der Waals surface area contributed by atoms with Crippen LogP contribution in [0.25, 0.3) is 0 Å². The second-order valence-corrected chi connectivity index (χ2v) is 9.51. The van der Waals surface area contributed by atoms with Crippen LogP contribution in [0.15, 0.2) is 18.2 Å². The third-order valence-electron chi connectivity index (χ3n) is 4.96. The number of nitrogens with one attached hydrogen (secondary N) is 1. The SMILES string of the molecule is CN1OCC(S(=O)(=O)NCCCN2CCCC2=O)C1c1cccc(Cl)c1Cl. The highest BCUT2D eigenvalue weighted by atomic mass is 35.5. The molecular weight excluding hydrogens is 413 g/mol. The Hall–Kier alpha value is -0.900. The van der Waals surface area contributed by atoms with Gasteiger partial charge >= 0.3 is 0 Å². The quantitative estimate of drug-likeness (QED) is 0.664. The molecule has 3 rings (SSSR count). The Balaban J connectivity index is 1.65. The van der Waals surface area contributed by atoms with Crippen molar-refractivity contribution in [2.45, 2.75) is 30.6 Å². The number of carbonyl (C=O) groups excluding carboxylic acids is 1. The number of hydroxylamine groups is 2. The third kappa shape index (κ3) is 4.58. The number of rotatable bonds is 7. The van der Waals surface area contributed by atoms with Crippen molar-refractivity contribution in [3.05, 3.63) is 33.8 Å². The molecule has 1 amide bonds. The summed E-state index contributed by atoms with van der Waals surface area (Å²) in [5, 5.41) is 1.39. The summed E-state index contributed by atoms with van der Waals surface area (Å²) in [7, 11) is -1.97. The van der Waals surface area contributed by atoms with Crippen molar-refractivity contribution in [2.75, 3.05) is 33.3 Å². The van der Waals surface area contributed by atoms with E-state index in [9.17, 15) is 13.2 Å². The van der Waals surface area contributed by atoms with Gasteiger partial charge in [-0.25, -0.2) is 13.1 Å². The van der Waals surface area contributed by atoms with Gasteiger partial charge in [-0.05, 0) is 24.5 Å². The minimum atomic E-state index is -3.65. The fraction of sp³-hybridized carbons (Fsp3) is 0.588. The first-order valence-electron chi connectivity index (χ1n) is 8.87. The topological polar surface area (TPSA) is 79.0 Å². The summed E-state index contributed by atoms with van der Waals surface area (Å²) in [6, 6.07) is 4.59. The molecule has 2 aliphatic heterocycles. The number of amides is 1. The summed E-state index contributed by atoms with van der Waals surface area (Å²) in [4.78, 5) is 18.9. The maximum absolute atomic E-state index is 12.8. The Morgan fingerprint density at radius 3 is 2.81 bits per heavy atom. The first kappa shape index (κ1) is 20.8. The first-order chi connectivity index (χ1) is 12.8. The Morgan fingerprint density at radius 1 is 1.33 bits per heavy atom. The lowest BCUT2D eigenvalue weighted by Gasteiger charge is -2.24. The van der Waals surface area contributed by atoms with Gasteiger partial charge in [-0.2, -0.15) is 5.06 Å². The third-order valence-corrected chi connectivity index (χ3v) is 7.60. The van der Waals surface area contributed by atoms with Gasteiger partial charge in [0.25, 0.3) is 0 Å². The molecule has 0 radical (unpaired) electrons. The van der Waals surface area contributed by atoms with Crippen LogP contribution in [0.1, 0.15) is 30.9 Å². The summed E-state index contributed by atoms with van der Waals surface area (Å²) >= 11 is 12.4. The van der Waals surface area contributed by atoms with Gasteiger partial charge in [0.05, 0.1) is 22.7 Å². The van der Waals surface area contributed by atoms with Crippen LogP contribution < -0.4 is 4.72 Å². The van der Waals surface area contributed by atoms with E-state index in [2.05, 4.69) is 4.72 Å². The fourth-order valence-corrected chi connectivity index (χ4v) is 5.49. The number of hydrogen-bond acceptors (Lipinski definition) is 5. The van der Waals surface area contributed by atoms with E-state index >= 15 is 0 Å². The lowest BCUT2D eigenvalue weighted by Crippen LogP contribution is -2.40. The van der Waals surface area contributed by atoms with Crippen molar-refractivity contribution in [1.29, 1.82) is 0 Å². The predicted octanol–water partition coefficient (Wildman–Crippen LogP) is 2.21. The van der Waals surface area contributed by atoms with Gasteiger partial charge < -0.3 is 4.90 Å². The van der Waals surface area contributed by atoms with E-state index < -0.39 is 21.3 Å². The van der Waals surface area contributed by atoms with Crippen molar-refractivity contribution < 1.29 is 18.0 Å². The van der Waals surface area contributed by atoms with Crippen LogP contribution in [-0.2, 0) is 19.7 Å². The average molecular weight is 436 g/mol. The standard InChI is InChI=1S/C17H23Cl2N3O4S/c1-21-17(12-5-2-6-13(18)16(12)19)14(11-26-21)27(24,25)20-8-4-10-22-9-3-7-15(22)23/h2,5-6,14,17,20H,3-4,7-11H2,1H3. The van der Waals surface area contributed by atoms with Crippen molar-refractivity contribution in [3.63, 3.8) is 0 Å². The van der Waals surface area contributed by atoms with Crippen LogP contribution in [-0.4, -0.2) is 62.8 Å². The summed E-state index contributed by atoms with van der Waals surface area (Å²) < 4.78 is 28.3. The first-order valence-corrected chi connectivity index (χ1v) is 11.2. The fourth-order valence-electron chi connectivity index (χ4n) is 3.53. The summed E-state index contributed by atoms with van der Waals surface area (Å²) in [5.41, 5.74) is 0.613. The largest absolute Gasteiger partial charge is 0.343 e. The summed E-state index contributed by atoms with van der Waals surface area (Å²) in [5.74, 6) is 0.138. The van der Waals surface area contributed by atoms with Crippen LogP contribution in [0.4, 0.5) is 0 Å². The van der Waals surface area contributed by atoms with Gasteiger partial charge in [0.2, 0.25) is 15.9 Å². The molecule has 10 heteroatoms. The van der Waals surface area contributed by atoms with E-state index in [0.717, 1.165) is 13.0 Å². The van der Waals surface area contributed by atoms with Crippen molar-refractivity contribution in [2.24, 2.45) is 0 Å². The van der Waals surface area contributed by atoms with Crippen molar-refractivity contribution in [1.82, 2.24) is 14.7 Å². The zero-order valence-corrected chi connectivity index (χ0v) is 17.4. The molecule has 2 heterocycles. The van der Waals surface area contributed by atoms with E-state index in [1.54, 1.807) is 30.1 Å². The Bertz CT molecular complexity index is 805. The van der Waals surface area contributed by atoms with Crippen LogP contribution in [0, 0.1) is 0 Å². The normalized spacial score (nSPS) is 24.1. The van der Waals surface area contributed by atoms with Crippen LogP contribution in [0.3, 0.4) is 0 Å². The molecule has 1 N–H and O–H groups in total. The van der Waals surface area contributed by atoms with Gasteiger partial charge in [-0.3, -0.25) is 9.63 Å². The molecule has 0 bridgehead atoms. The lowest BCUT2D eigenvalue weighted by atomic mass is 10.0. The second kappa shape index (κ2) is 8.63. The molecule has 2 saturated heterocycles. The second-order valence-electron chi connectivity index (χ2n) is 6.75. The van der Waals surface area contributed by atoms with Gasteiger partial charge in [0.15, 0.2) is 0 Å². The number of carbonyl (C=O) groups is 1. The van der Waals surface area contributed by atoms with Crippen LogP contribution in [0.2, 0.25) is 10.0 Å². The molecule has 2 aliphatic rings. The number of nitrogens with zero attached hydrogens (tertiary/aromatic N) is 2. The highest BCUT2D eigenvalue weighted by molar-refractivity contribution is 7.90. The maximum Gasteiger partial charge on any atom is 0.222 e. The highest BCUT2D eigenvalue weighted by Gasteiger charge is 2.44. The minimum Gasteiger partial charge on any atom is -0.343 e. The molecule has 7 nitrogen and oxygen atoms in total. The van der Waals surface area contributed by atoms with Gasteiger partial charge in [-0.15, -0.1) is 0 Å². The zero-order chi connectivity index (χ0) is 19.6. The summed E-state index contributed by atoms with van der Waals surface area (Å²) in [6.45, 7) is 1.61. The average Bonchev–Trinajstić information content (AvgIpc) is 3.20. The number of halogens is 2. The van der Waals surface area contributed by atoms with Crippen molar-refractivity contribution in [3.8, 4) is 0 Å². The number of benzene rings is 1. The Morgan fingerprint density at radius 2 is 2.11 bits per heavy atom. The highest BCUT2D eigenvalue weighted by Crippen LogP contribution is 2.39. The minimum absolute atomic E-state index is 0.0317. The molecule has 0 saturated carbocycles. The molecule has 150 valence electrons. The predicted molar refractivity (Wildman–Crippen MR) is 104 cm³/mol. The number of likely N-dealkylation sites (tertiary alicyclic amines) is 1. The lowest BCUT2D eigenvalue weighted by molar-refractivity contribution is -0.127. The smallest absolute Gasteiger partial charge is 0.222 e. The molecule has 2 fully saturated rings. The maximum atomic E-state index is 12.8. The van der Waals surface area contributed by atoms with E-state index in [4.69, 9.17) is 28.0 Å². The molecule has 0 aliphatic carbocycles. The molecule has 1 aromatic rings. The molecule has 0 spiro atoms. The zero-order valence-electron chi connectivity index (χ0n) is 15.0. The van der Waals surface area contributed by atoms with Gasteiger partial charge in [0.1, 0.15) is 5.25 Å². The van der Waals surface area contributed by atoms with E-state index in [0.29, 0.717) is 35.0 Å². The number of hydrogen-bond donors (Lipinski definition) is 1. The molecular formula is C17H23Cl2N3O4S. The van der Waals surface area contributed by atoms with Crippen molar-refractivity contribution >= 4 is 39.1 Å². The Labute approximate surface area is 169 Å². The van der Waals surface area contributed by atoms with Gasteiger partial charge in [0, 0.05) is 33.1 Å². The molecule has 0 aromatic heterocycles. The number of sulfonamides is 1. The molecule has 2 atom stereocenters. The summed E-state index contributed by atoms with van der Waals surface area (Å²) in [6.07, 6.45) is 2.02. The molecule has 1 aromatic carbocycles.